The second-order valence-corrected chi connectivity index (χ2v) is 4.71. The first-order chi connectivity index (χ1) is 8.11. The van der Waals surface area contributed by atoms with Gasteiger partial charge >= 0.3 is 0 Å². The van der Waals surface area contributed by atoms with Crippen LogP contribution in [0.1, 0.15) is 48.4 Å². The topological polar surface area (TPSA) is 19.9 Å². The Morgan fingerprint density at radius 1 is 1.24 bits per heavy atom. The second-order valence-electron chi connectivity index (χ2n) is 4.71. The fraction of sp³-hybridized carbons (Fsp3) is 0.500. The fourth-order valence-corrected chi connectivity index (χ4v) is 2.24. The zero-order valence-electron chi connectivity index (χ0n) is 11.3. The van der Waals surface area contributed by atoms with Crippen LogP contribution in [0.25, 0.3) is 0 Å². The molecule has 0 aliphatic carbocycles. The zero-order chi connectivity index (χ0) is 12.8. The molecule has 1 heteroatoms. The third-order valence-corrected chi connectivity index (χ3v) is 3.49. The van der Waals surface area contributed by atoms with Gasteiger partial charge in [-0.05, 0) is 55.9 Å². The van der Waals surface area contributed by atoms with Crippen molar-refractivity contribution >= 4 is 0 Å². The van der Waals surface area contributed by atoms with Gasteiger partial charge in [-0.15, -0.1) is 6.58 Å². The lowest BCUT2D eigenvalue weighted by atomic mass is 9.92. The smallest absolute Gasteiger partial charge is 0.182 e. The van der Waals surface area contributed by atoms with Gasteiger partial charge in [-0.1, -0.05) is 25.8 Å². The fourth-order valence-electron chi connectivity index (χ4n) is 2.24. The summed E-state index contributed by atoms with van der Waals surface area (Å²) in [7, 11) is 0. The van der Waals surface area contributed by atoms with Crippen LogP contribution in [-0.4, -0.2) is 0 Å². The molecule has 0 aliphatic heterocycles. The number of benzene rings is 1. The van der Waals surface area contributed by atoms with E-state index in [0.717, 1.165) is 30.4 Å². The molecule has 0 spiro atoms. The molecule has 0 N–H and O–H groups in total. The first-order valence-corrected chi connectivity index (χ1v) is 6.51. The Kier molecular flexibility index (Phi) is 5.27. The van der Waals surface area contributed by atoms with E-state index in [1.54, 1.807) is 6.07 Å². The highest BCUT2D eigenvalue weighted by Crippen LogP contribution is 2.29. The van der Waals surface area contributed by atoms with Crippen LogP contribution in [0.2, 0.25) is 0 Å². The summed E-state index contributed by atoms with van der Waals surface area (Å²) in [6.45, 7) is 10.1. The van der Waals surface area contributed by atoms with Crippen LogP contribution in [0.3, 0.4) is 0 Å². The molecule has 0 aromatic heterocycles. The van der Waals surface area contributed by atoms with Crippen molar-refractivity contribution in [3.8, 4) is 5.75 Å². The molecule has 1 radical (unpaired) electrons. The molecule has 0 heterocycles. The van der Waals surface area contributed by atoms with Crippen molar-refractivity contribution in [2.75, 3.05) is 0 Å². The van der Waals surface area contributed by atoms with Gasteiger partial charge < -0.3 is 0 Å². The van der Waals surface area contributed by atoms with E-state index >= 15 is 0 Å². The Bertz CT molecular complexity index is 391. The molecular formula is C16H23O. The van der Waals surface area contributed by atoms with Crippen molar-refractivity contribution in [3.63, 3.8) is 0 Å². The summed E-state index contributed by atoms with van der Waals surface area (Å²) in [5, 5.41) is 12.0. The van der Waals surface area contributed by atoms with Crippen LogP contribution in [0.4, 0.5) is 0 Å². The van der Waals surface area contributed by atoms with Gasteiger partial charge in [-0.3, -0.25) is 5.11 Å². The van der Waals surface area contributed by atoms with E-state index in [-0.39, 0.29) is 5.75 Å². The first kappa shape index (κ1) is 13.8. The molecule has 0 atom stereocenters. The van der Waals surface area contributed by atoms with Gasteiger partial charge in [0.15, 0.2) is 5.75 Å². The molecule has 0 aliphatic rings. The second kappa shape index (κ2) is 6.48. The Morgan fingerprint density at radius 2 is 1.94 bits per heavy atom. The molecule has 1 aromatic rings. The molecule has 0 fully saturated rings. The average Bonchev–Trinajstić information content (AvgIpc) is 2.30. The van der Waals surface area contributed by atoms with Crippen molar-refractivity contribution in [2.45, 2.75) is 52.9 Å². The van der Waals surface area contributed by atoms with E-state index < -0.39 is 0 Å². The highest BCUT2D eigenvalue weighted by molar-refractivity contribution is 5.48. The zero-order valence-corrected chi connectivity index (χ0v) is 11.3. The molecular weight excluding hydrogens is 208 g/mol. The van der Waals surface area contributed by atoms with E-state index in [4.69, 9.17) is 0 Å². The normalized spacial score (nSPS) is 10.5. The Morgan fingerprint density at radius 3 is 2.53 bits per heavy atom. The predicted molar refractivity (Wildman–Crippen MR) is 73.2 cm³/mol. The summed E-state index contributed by atoms with van der Waals surface area (Å²) in [5.41, 5.74) is 4.59. The summed E-state index contributed by atoms with van der Waals surface area (Å²) in [4.78, 5) is 0. The quantitative estimate of drug-likeness (QED) is 0.490. The van der Waals surface area contributed by atoms with Crippen LogP contribution in [0, 0.1) is 13.8 Å². The van der Waals surface area contributed by atoms with Gasteiger partial charge in [0.05, 0.1) is 0 Å². The molecule has 0 saturated carbocycles. The van der Waals surface area contributed by atoms with Gasteiger partial charge in [0.1, 0.15) is 0 Å². The van der Waals surface area contributed by atoms with Crippen molar-refractivity contribution in [1.82, 2.24) is 0 Å². The van der Waals surface area contributed by atoms with Crippen LogP contribution in [0.15, 0.2) is 18.7 Å². The number of unbranched alkanes of at least 4 members (excludes halogenated alkanes) is 2. The van der Waals surface area contributed by atoms with E-state index in [1.807, 2.05) is 6.08 Å². The Hall–Kier alpha value is -1.24. The largest absolute Gasteiger partial charge is 0.290 e. The third kappa shape index (κ3) is 3.36. The molecule has 0 bridgehead atoms. The van der Waals surface area contributed by atoms with Crippen molar-refractivity contribution in [3.05, 3.63) is 41.0 Å². The van der Waals surface area contributed by atoms with Crippen LogP contribution >= 0.6 is 0 Å². The Balaban J connectivity index is 2.98. The summed E-state index contributed by atoms with van der Waals surface area (Å²) in [5.74, 6) is 0.209. The molecule has 1 nitrogen and oxygen atoms in total. The maximum atomic E-state index is 12.0. The number of allylic oxidation sites excluding steroid dienone is 1. The molecule has 93 valence electrons. The SMILES string of the molecule is C=CCc1cc([O])c(CCCCC)c(C)c1C. The third-order valence-electron chi connectivity index (χ3n) is 3.49. The van der Waals surface area contributed by atoms with Crippen molar-refractivity contribution in [2.24, 2.45) is 0 Å². The van der Waals surface area contributed by atoms with E-state index in [9.17, 15) is 5.11 Å². The van der Waals surface area contributed by atoms with Crippen LogP contribution in [-0.2, 0) is 17.9 Å². The van der Waals surface area contributed by atoms with Gasteiger partial charge in [0.25, 0.3) is 0 Å². The first-order valence-electron chi connectivity index (χ1n) is 6.51. The highest BCUT2D eigenvalue weighted by atomic mass is 16.3. The number of rotatable bonds is 6. The molecule has 1 rings (SSSR count). The molecule has 0 saturated heterocycles. The standard InChI is InChI=1S/C16H23O/c1-5-7-8-10-15-13(4)12(3)14(9-6-2)11-16(15)17/h6,11H,2,5,7-10H2,1,3-4H3. The van der Waals surface area contributed by atoms with Crippen molar-refractivity contribution in [1.29, 1.82) is 0 Å². The maximum absolute atomic E-state index is 12.0. The Labute approximate surface area is 105 Å². The summed E-state index contributed by atoms with van der Waals surface area (Å²) >= 11 is 0. The minimum Gasteiger partial charge on any atom is -0.290 e. The number of hydrogen-bond acceptors (Lipinski definition) is 0. The molecule has 17 heavy (non-hydrogen) atoms. The lowest BCUT2D eigenvalue weighted by Crippen LogP contribution is -1.98. The van der Waals surface area contributed by atoms with E-state index in [2.05, 4.69) is 27.4 Å². The minimum absolute atomic E-state index is 0.209. The molecule has 0 unspecified atom stereocenters. The molecule has 1 aromatic carbocycles. The monoisotopic (exact) mass is 231 g/mol. The maximum Gasteiger partial charge on any atom is 0.182 e. The lowest BCUT2D eigenvalue weighted by Gasteiger charge is -2.13. The van der Waals surface area contributed by atoms with E-state index in [1.165, 1.54) is 24.0 Å². The predicted octanol–water partition coefficient (Wildman–Crippen LogP) is 4.91. The average molecular weight is 231 g/mol. The van der Waals surface area contributed by atoms with E-state index in [0.29, 0.717) is 0 Å². The summed E-state index contributed by atoms with van der Waals surface area (Å²) in [6.07, 6.45) is 7.09. The summed E-state index contributed by atoms with van der Waals surface area (Å²) in [6, 6.07) is 1.80. The molecule has 0 amide bonds. The summed E-state index contributed by atoms with van der Waals surface area (Å²) < 4.78 is 0. The lowest BCUT2D eigenvalue weighted by molar-refractivity contribution is 0.348. The van der Waals surface area contributed by atoms with Crippen LogP contribution < -0.4 is 0 Å². The van der Waals surface area contributed by atoms with Crippen LogP contribution in [0.5, 0.6) is 5.75 Å². The highest BCUT2D eigenvalue weighted by Gasteiger charge is 2.12. The number of hydrogen-bond donors (Lipinski definition) is 0. The van der Waals surface area contributed by atoms with Gasteiger partial charge in [-0.25, -0.2) is 0 Å². The van der Waals surface area contributed by atoms with Crippen molar-refractivity contribution < 1.29 is 5.11 Å². The van der Waals surface area contributed by atoms with Gasteiger partial charge in [-0.2, -0.15) is 0 Å². The van der Waals surface area contributed by atoms with Gasteiger partial charge in [0.2, 0.25) is 0 Å². The van der Waals surface area contributed by atoms with Gasteiger partial charge in [0, 0.05) is 5.56 Å². The minimum atomic E-state index is 0.209.